The minimum atomic E-state index is -0.0204. The van der Waals surface area contributed by atoms with Crippen molar-refractivity contribution >= 4 is 27.3 Å². The van der Waals surface area contributed by atoms with E-state index in [0.29, 0.717) is 6.04 Å². The second-order valence-electron chi connectivity index (χ2n) is 4.31. The van der Waals surface area contributed by atoms with Gasteiger partial charge in [-0.2, -0.15) is 5.10 Å². The van der Waals surface area contributed by atoms with Gasteiger partial charge in [-0.15, -0.1) is 11.3 Å². The zero-order valence-electron chi connectivity index (χ0n) is 9.93. The van der Waals surface area contributed by atoms with Crippen LogP contribution in [0.25, 0.3) is 0 Å². The molecule has 0 aliphatic carbocycles. The lowest BCUT2D eigenvalue weighted by atomic mass is 10.1. The lowest BCUT2D eigenvalue weighted by molar-refractivity contribution is 0.485. The molecule has 0 aliphatic rings. The van der Waals surface area contributed by atoms with Crippen molar-refractivity contribution in [1.29, 1.82) is 0 Å². The topological polar surface area (TPSA) is 43.8 Å². The van der Waals surface area contributed by atoms with E-state index in [2.05, 4.69) is 52.4 Å². The second-order valence-corrected chi connectivity index (χ2v) is 6.19. The van der Waals surface area contributed by atoms with E-state index in [1.54, 1.807) is 11.3 Å². The van der Waals surface area contributed by atoms with Crippen LogP contribution < -0.4 is 5.73 Å². The van der Waals surface area contributed by atoms with Gasteiger partial charge in [0.15, 0.2) is 0 Å². The minimum absolute atomic E-state index is 0.0204. The molecule has 2 N–H and O–H groups in total. The standard InChI is InChI=1S/C12H16BrN3S/c1-8(2)16-12(10(13)7-15-16)11(14)6-9-4-3-5-17-9/h3-5,7-8,11H,6,14H2,1-2H3. The van der Waals surface area contributed by atoms with Crippen molar-refractivity contribution in [2.75, 3.05) is 0 Å². The van der Waals surface area contributed by atoms with Gasteiger partial charge in [-0.1, -0.05) is 6.07 Å². The third kappa shape index (κ3) is 2.78. The highest BCUT2D eigenvalue weighted by Gasteiger charge is 2.18. The summed E-state index contributed by atoms with van der Waals surface area (Å²) in [6.45, 7) is 4.22. The van der Waals surface area contributed by atoms with Crippen LogP contribution in [0.1, 0.15) is 36.5 Å². The third-order valence-corrected chi connectivity index (χ3v) is 4.14. The average Bonchev–Trinajstić information content (AvgIpc) is 2.86. The Labute approximate surface area is 114 Å². The number of hydrogen-bond donors (Lipinski definition) is 1. The summed E-state index contributed by atoms with van der Waals surface area (Å²) in [6.07, 6.45) is 2.68. The van der Waals surface area contributed by atoms with Crippen molar-refractivity contribution in [1.82, 2.24) is 9.78 Å². The monoisotopic (exact) mass is 313 g/mol. The van der Waals surface area contributed by atoms with E-state index in [1.165, 1.54) is 4.88 Å². The van der Waals surface area contributed by atoms with Crippen LogP contribution in [0.2, 0.25) is 0 Å². The summed E-state index contributed by atoms with van der Waals surface area (Å²) in [5.74, 6) is 0. The Kier molecular flexibility index (Phi) is 4.01. The smallest absolute Gasteiger partial charge is 0.0700 e. The van der Waals surface area contributed by atoms with E-state index in [4.69, 9.17) is 5.73 Å². The Bertz CT molecular complexity index is 476. The molecular weight excluding hydrogens is 298 g/mol. The predicted octanol–water partition coefficient (Wildman–Crippen LogP) is 3.53. The fourth-order valence-corrected chi connectivity index (χ4v) is 3.18. The molecule has 0 amide bonds. The molecule has 1 atom stereocenters. The van der Waals surface area contributed by atoms with Crippen molar-refractivity contribution in [3.63, 3.8) is 0 Å². The Morgan fingerprint density at radius 1 is 1.53 bits per heavy atom. The van der Waals surface area contributed by atoms with E-state index in [9.17, 15) is 0 Å². The lowest BCUT2D eigenvalue weighted by Crippen LogP contribution is -2.19. The summed E-state index contributed by atoms with van der Waals surface area (Å²) in [5, 5.41) is 6.44. The first-order chi connectivity index (χ1) is 8.09. The van der Waals surface area contributed by atoms with E-state index in [-0.39, 0.29) is 6.04 Å². The quantitative estimate of drug-likeness (QED) is 0.938. The van der Waals surface area contributed by atoms with Crippen LogP contribution in [0.3, 0.4) is 0 Å². The molecule has 17 heavy (non-hydrogen) atoms. The van der Waals surface area contributed by atoms with Crippen LogP contribution in [0.4, 0.5) is 0 Å². The van der Waals surface area contributed by atoms with Gasteiger partial charge in [-0.25, -0.2) is 0 Å². The van der Waals surface area contributed by atoms with Crippen LogP contribution in [-0.2, 0) is 6.42 Å². The van der Waals surface area contributed by atoms with E-state index >= 15 is 0 Å². The van der Waals surface area contributed by atoms with Gasteiger partial charge in [0.25, 0.3) is 0 Å². The Morgan fingerprint density at radius 3 is 2.88 bits per heavy atom. The fourth-order valence-electron chi connectivity index (χ4n) is 1.85. The van der Waals surface area contributed by atoms with E-state index < -0.39 is 0 Å². The largest absolute Gasteiger partial charge is 0.322 e. The number of rotatable bonds is 4. The normalized spacial score (nSPS) is 13.2. The summed E-state index contributed by atoms with van der Waals surface area (Å²) in [5.41, 5.74) is 7.36. The molecule has 0 bridgehead atoms. The molecule has 2 aromatic heterocycles. The molecule has 0 spiro atoms. The number of aromatic nitrogens is 2. The van der Waals surface area contributed by atoms with Crippen molar-refractivity contribution < 1.29 is 0 Å². The minimum Gasteiger partial charge on any atom is -0.322 e. The van der Waals surface area contributed by atoms with Crippen LogP contribution in [0.15, 0.2) is 28.2 Å². The van der Waals surface area contributed by atoms with Crippen molar-refractivity contribution in [3.8, 4) is 0 Å². The zero-order valence-corrected chi connectivity index (χ0v) is 12.3. The number of halogens is 1. The summed E-state index contributed by atoms with van der Waals surface area (Å²) < 4.78 is 2.98. The lowest BCUT2D eigenvalue weighted by Gasteiger charge is -2.16. The van der Waals surface area contributed by atoms with Gasteiger partial charge in [0.05, 0.1) is 22.4 Å². The maximum Gasteiger partial charge on any atom is 0.0700 e. The fraction of sp³-hybridized carbons (Fsp3) is 0.417. The summed E-state index contributed by atoms with van der Waals surface area (Å²) >= 11 is 5.27. The Hall–Kier alpha value is -0.650. The maximum absolute atomic E-state index is 6.29. The third-order valence-electron chi connectivity index (χ3n) is 2.63. The highest BCUT2D eigenvalue weighted by molar-refractivity contribution is 9.10. The highest BCUT2D eigenvalue weighted by Crippen LogP contribution is 2.27. The Balaban J connectivity index is 2.24. The van der Waals surface area contributed by atoms with Gasteiger partial charge < -0.3 is 5.73 Å². The highest BCUT2D eigenvalue weighted by atomic mass is 79.9. The van der Waals surface area contributed by atoms with E-state index in [1.807, 2.05) is 10.9 Å². The second kappa shape index (κ2) is 5.33. The number of nitrogens with zero attached hydrogens (tertiary/aromatic N) is 2. The average molecular weight is 314 g/mol. The number of hydrogen-bond acceptors (Lipinski definition) is 3. The Morgan fingerprint density at radius 2 is 2.29 bits per heavy atom. The van der Waals surface area contributed by atoms with Gasteiger partial charge >= 0.3 is 0 Å². The molecule has 1 unspecified atom stereocenters. The van der Waals surface area contributed by atoms with Gasteiger partial charge in [0, 0.05) is 17.3 Å². The van der Waals surface area contributed by atoms with Crippen LogP contribution >= 0.6 is 27.3 Å². The van der Waals surface area contributed by atoms with Gasteiger partial charge in [-0.05, 0) is 41.2 Å². The SMILES string of the molecule is CC(C)n1ncc(Br)c1C(N)Cc1cccs1. The molecule has 0 fully saturated rings. The molecule has 3 nitrogen and oxygen atoms in total. The predicted molar refractivity (Wildman–Crippen MR) is 75.3 cm³/mol. The molecule has 0 radical (unpaired) electrons. The van der Waals surface area contributed by atoms with Crippen LogP contribution in [0.5, 0.6) is 0 Å². The maximum atomic E-state index is 6.29. The molecule has 0 aromatic carbocycles. The first-order valence-electron chi connectivity index (χ1n) is 5.60. The number of thiophene rings is 1. The van der Waals surface area contributed by atoms with Crippen LogP contribution in [-0.4, -0.2) is 9.78 Å². The molecule has 0 saturated heterocycles. The van der Waals surface area contributed by atoms with Crippen molar-refractivity contribution in [2.45, 2.75) is 32.4 Å². The first kappa shape index (κ1) is 12.8. The molecule has 92 valence electrons. The summed E-state index contributed by atoms with van der Waals surface area (Å²) in [4.78, 5) is 1.31. The molecule has 0 saturated carbocycles. The number of nitrogens with two attached hydrogens (primary N) is 1. The van der Waals surface area contributed by atoms with Gasteiger partial charge in [0.2, 0.25) is 0 Å². The molecule has 2 heterocycles. The molecule has 5 heteroatoms. The zero-order chi connectivity index (χ0) is 12.4. The summed E-state index contributed by atoms with van der Waals surface area (Å²) in [7, 11) is 0. The van der Waals surface area contributed by atoms with Crippen LogP contribution in [0, 0.1) is 0 Å². The molecule has 2 rings (SSSR count). The first-order valence-corrected chi connectivity index (χ1v) is 7.27. The van der Waals surface area contributed by atoms with Crippen molar-refractivity contribution in [3.05, 3.63) is 38.8 Å². The van der Waals surface area contributed by atoms with E-state index in [0.717, 1.165) is 16.6 Å². The van der Waals surface area contributed by atoms with Gasteiger partial charge in [-0.3, -0.25) is 4.68 Å². The summed E-state index contributed by atoms with van der Waals surface area (Å²) in [6, 6.07) is 4.48. The molecule has 2 aromatic rings. The van der Waals surface area contributed by atoms with Gasteiger partial charge in [0.1, 0.15) is 0 Å². The van der Waals surface area contributed by atoms with Crippen molar-refractivity contribution in [2.24, 2.45) is 5.73 Å². The molecular formula is C12H16BrN3S. The molecule has 0 aliphatic heterocycles.